The number of carbonyl (C=O) groups is 1. The highest BCUT2D eigenvalue weighted by atomic mass is 19.1. The van der Waals surface area contributed by atoms with Crippen LogP contribution in [0.25, 0.3) is 0 Å². The van der Waals surface area contributed by atoms with E-state index >= 15 is 0 Å². The van der Waals surface area contributed by atoms with Crippen LogP contribution in [0.2, 0.25) is 0 Å². The molecular formula is C16H24FN3O. The number of amides is 1. The number of anilines is 1. The van der Waals surface area contributed by atoms with E-state index in [0.29, 0.717) is 13.1 Å². The highest BCUT2D eigenvalue weighted by Crippen LogP contribution is 2.18. The first-order valence-electron chi connectivity index (χ1n) is 7.57. The molecule has 1 aliphatic heterocycles. The molecule has 4 nitrogen and oxygen atoms in total. The van der Waals surface area contributed by atoms with E-state index in [2.05, 4.69) is 4.90 Å². The average molecular weight is 293 g/mol. The van der Waals surface area contributed by atoms with Crippen LogP contribution in [0.3, 0.4) is 0 Å². The lowest BCUT2D eigenvalue weighted by Gasteiger charge is -2.37. The zero-order valence-electron chi connectivity index (χ0n) is 12.8. The molecule has 1 aromatic rings. The number of hydrogen-bond acceptors (Lipinski definition) is 3. The second kappa shape index (κ2) is 6.89. The van der Waals surface area contributed by atoms with Crippen molar-refractivity contribution in [3.63, 3.8) is 0 Å². The van der Waals surface area contributed by atoms with Crippen molar-refractivity contribution in [2.45, 2.75) is 26.3 Å². The van der Waals surface area contributed by atoms with Crippen LogP contribution in [-0.4, -0.2) is 43.0 Å². The first kappa shape index (κ1) is 15.8. The Morgan fingerprint density at radius 1 is 1.24 bits per heavy atom. The molecule has 0 spiro atoms. The van der Waals surface area contributed by atoms with Gasteiger partial charge in [0.05, 0.1) is 6.04 Å². The van der Waals surface area contributed by atoms with Gasteiger partial charge in [0.15, 0.2) is 0 Å². The summed E-state index contributed by atoms with van der Waals surface area (Å²) in [6, 6.07) is 6.07. The largest absolute Gasteiger partial charge is 0.368 e. The summed E-state index contributed by atoms with van der Waals surface area (Å²) in [5.41, 5.74) is 7.01. The zero-order chi connectivity index (χ0) is 15.4. The summed E-state index contributed by atoms with van der Waals surface area (Å²) in [5.74, 6) is 0.0165. The van der Waals surface area contributed by atoms with Crippen LogP contribution in [0.5, 0.6) is 0 Å². The van der Waals surface area contributed by atoms with Gasteiger partial charge in [-0.3, -0.25) is 4.79 Å². The number of nitrogens with two attached hydrogens (primary N) is 1. The average Bonchev–Trinajstić information content (AvgIpc) is 2.53. The quantitative estimate of drug-likeness (QED) is 0.921. The molecule has 2 N–H and O–H groups in total. The molecule has 5 heteroatoms. The topological polar surface area (TPSA) is 49.6 Å². The molecule has 21 heavy (non-hydrogen) atoms. The van der Waals surface area contributed by atoms with Crippen molar-refractivity contribution in [3.05, 3.63) is 30.1 Å². The second-order valence-electron chi connectivity index (χ2n) is 5.70. The third-order valence-corrected chi connectivity index (χ3v) is 4.33. The molecular weight excluding hydrogens is 269 g/mol. The van der Waals surface area contributed by atoms with E-state index in [9.17, 15) is 9.18 Å². The number of piperazine rings is 1. The molecule has 116 valence electrons. The maximum atomic E-state index is 12.9. The van der Waals surface area contributed by atoms with E-state index in [-0.39, 0.29) is 17.6 Å². The van der Waals surface area contributed by atoms with Gasteiger partial charge in [0.2, 0.25) is 5.91 Å². The first-order chi connectivity index (χ1) is 10.0. The molecule has 0 saturated carbocycles. The molecule has 2 rings (SSSR count). The standard InChI is InChI=1S/C16H24FN3O/c1-3-12(2)15(18)16(21)20-10-8-19(9-11-20)14-6-4-13(17)5-7-14/h4-7,12,15H,3,8-11,18H2,1-2H3/t12?,15-/m0/s1. The van der Waals surface area contributed by atoms with Crippen molar-refractivity contribution in [3.8, 4) is 0 Å². The monoisotopic (exact) mass is 293 g/mol. The molecule has 1 fully saturated rings. The second-order valence-corrected chi connectivity index (χ2v) is 5.70. The number of benzene rings is 1. The summed E-state index contributed by atoms with van der Waals surface area (Å²) in [6.07, 6.45) is 0.905. The smallest absolute Gasteiger partial charge is 0.239 e. The van der Waals surface area contributed by atoms with Gasteiger partial charge in [0.1, 0.15) is 5.82 Å². The number of hydrogen-bond donors (Lipinski definition) is 1. The third kappa shape index (κ3) is 3.73. The highest BCUT2D eigenvalue weighted by Gasteiger charge is 2.27. The Morgan fingerprint density at radius 2 is 1.81 bits per heavy atom. The van der Waals surface area contributed by atoms with Crippen LogP contribution in [0, 0.1) is 11.7 Å². The SMILES string of the molecule is CCC(C)[C@H](N)C(=O)N1CCN(c2ccc(F)cc2)CC1. The van der Waals surface area contributed by atoms with Crippen molar-refractivity contribution in [1.29, 1.82) is 0 Å². The lowest BCUT2D eigenvalue weighted by Crippen LogP contribution is -2.54. The Morgan fingerprint density at radius 3 is 2.33 bits per heavy atom. The number of nitrogens with zero attached hydrogens (tertiary/aromatic N) is 2. The molecule has 1 amide bonds. The molecule has 1 aliphatic rings. The molecule has 0 radical (unpaired) electrons. The van der Waals surface area contributed by atoms with Crippen molar-refractivity contribution < 1.29 is 9.18 Å². The molecule has 1 aromatic carbocycles. The summed E-state index contributed by atoms with van der Waals surface area (Å²) < 4.78 is 12.9. The van der Waals surface area contributed by atoms with Gasteiger partial charge < -0.3 is 15.5 Å². The molecule has 0 aromatic heterocycles. The minimum Gasteiger partial charge on any atom is -0.368 e. The van der Waals surface area contributed by atoms with Crippen molar-refractivity contribution >= 4 is 11.6 Å². The molecule has 1 heterocycles. The summed E-state index contributed by atoms with van der Waals surface area (Å²) in [4.78, 5) is 16.3. The van der Waals surface area contributed by atoms with E-state index in [1.54, 1.807) is 12.1 Å². The van der Waals surface area contributed by atoms with Crippen molar-refractivity contribution in [2.24, 2.45) is 11.7 Å². The molecule has 0 bridgehead atoms. The third-order valence-electron chi connectivity index (χ3n) is 4.33. The van der Waals surface area contributed by atoms with Crippen LogP contribution in [-0.2, 0) is 4.79 Å². The summed E-state index contributed by atoms with van der Waals surface area (Å²) in [6.45, 7) is 6.90. The van der Waals surface area contributed by atoms with Crippen LogP contribution in [0.4, 0.5) is 10.1 Å². The Balaban J connectivity index is 1.91. The molecule has 2 atom stereocenters. The minimum atomic E-state index is -0.410. The van der Waals surface area contributed by atoms with Gasteiger partial charge in [0, 0.05) is 31.9 Å². The van der Waals surface area contributed by atoms with Crippen LogP contribution >= 0.6 is 0 Å². The van der Waals surface area contributed by atoms with Gasteiger partial charge in [-0.2, -0.15) is 0 Å². The fourth-order valence-corrected chi connectivity index (χ4v) is 2.55. The Hall–Kier alpha value is -1.62. The fourth-order valence-electron chi connectivity index (χ4n) is 2.55. The first-order valence-corrected chi connectivity index (χ1v) is 7.57. The minimum absolute atomic E-state index is 0.0445. The van der Waals surface area contributed by atoms with Gasteiger partial charge in [-0.05, 0) is 30.2 Å². The van der Waals surface area contributed by atoms with Crippen molar-refractivity contribution in [2.75, 3.05) is 31.1 Å². The van der Waals surface area contributed by atoms with E-state index in [0.717, 1.165) is 25.2 Å². The molecule has 1 unspecified atom stereocenters. The number of halogens is 1. The predicted octanol–water partition coefficient (Wildman–Crippen LogP) is 1.85. The Kier molecular flexibility index (Phi) is 5.17. The number of rotatable bonds is 4. The predicted molar refractivity (Wildman–Crippen MR) is 82.6 cm³/mol. The van der Waals surface area contributed by atoms with E-state index in [4.69, 9.17) is 5.73 Å². The zero-order valence-corrected chi connectivity index (χ0v) is 12.8. The van der Waals surface area contributed by atoms with Crippen molar-refractivity contribution in [1.82, 2.24) is 4.90 Å². The lowest BCUT2D eigenvalue weighted by molar-refractivity contribution is -0.134. The molecule has 1 saturated heterocycles. The Labute approximate surface area is 125 Å². The van der Waals surface area contributed by atoms with Gasteiger partial charge >= 0.3 is 0 Å². The van der Waals surface area contributed by atoms with Gasteiger partial charge in [-0.1, -0.05) is 20.3 Å². The Bertz CT molecular complexity index is 469. The maximum Gasteiger partial charge on any atom is 0.239 e. The summed E-state index contributed by atoms with van der Waals surface area (Å²) in [5, 5.41) is 0. The summed E-state index contributed by atoms with van der Waals surface area (Å²) in [7, 11) is 0. The van der Waals surface area contributed by atoms with Crippen LogP contribution in [0.15, 0.2) is 24.3 Å². The van der Waals surface area contributed by atoms with Crippen LogP contribution < -0.4 is 10.6 Å². The van der Waals surface area contributed by atoms with E-state index < -0.39 is 6.04 Å². The lowest BCUT2D eigenvalue weighted by atomic mass is 9.98. The fraction of sp³-hybridized carbons (Fsp3) is 0.562. The van der Waals surface area contributed by atoms with Crippen LogP contribution in [0.1, 0.15) is 20.3 Å². The van der Waals surface area contributed by atoms with Gasteiger partial charge in [0.25, 0.3) is 0 Å². The normalized spacial score (nSPS) is 18.5. The van der Waals surface area contributed by atoms with E-state index in [1.165, 1.54) is 12.1 Å². The summed E-state index contributed by atoms with van der Waals surface area (Å²) >= 11 is 0. The van der Waals surface area contributed by atoms with Gasteiger partial charge in [-0.25, -0.2) is 4.39 Å². The maximum absolute atomic E-state index is 12.9. The highest BCUT2D eigenvalue weighted by molar-refractivity contribution is 5.82. The van der Waals surface area contributed by atoms with Gasteiger partial charge in [-0.15, -0.1) is 0 Å². The number of carbonyl (C=O) groups excluding carboxylic acids is 1. The molecule has 0 aliphatic carbocycles. The van der Waals surface area contributed by atoms with E-state index in [1.807, 2.05) is 18.7 Å².